The number of amides is 1. The van der Waals surface area contributed by atoms with Gasteiger partial charge in [-0.15, -0.1) is 0 Å². The minimum Gasteiger partial charge on any atom is -0.396 e. The van der Waals surface area contributed by atoms with E-state index in [1.165, 1.54) is 0 Å². The first-order chi connectivity index (χ1) is 7.13. The average molecular weight is 214 g/mol. The topological polar surface area (TPSA) is 43.8 Å². The number of aliphatic hydroxyl groups is 1. The van der Waals surface area contributed by atoms with E-state index >= 15 is 0 Å². The third kappa shape index (κ3) is 4.18. The van der Waals surface area contributed by atoms with E-state index in [0.29, 0.717) is 12.3 Å². The van der Waals surface area contributed by atoms with Crippen molar-refractivity contribution in [2.45, 2.75) is 19.3 Å². The van der Waals surface area contributed by atoms with Crippen molar-refractivity contribution in [2.24, 2.45) is 5.92 Å². The van der Waals surface area contributed by atoms with E-state index in [4.69, 9.17) is 5.11 Å². The summed E-state index contributed by atoms with van der Waals surface area (Å²) in [6.45, 7) is 2.72. The molecule has 0 aliphatic carbocycles. The second kappa shape index (κ2) is 6.08. The lowest BCUT2D eigenvalue weighted by Crippen LogP contribution is -2.40. The van der Waals surface area contributed by atoms with E-state index in [9.17, 15) is 4.79 Å². The second-order valence-corrected chi connectivity index (χ2v) is 4.56. The van der Waals surface area contributed by atoms with E-state index < -0.39 is 0 Å². The molecule has 88 valence electrons. The van der Waals surface area contributed by atoms with Gasteiger partial charge in [0, 0.05) is 32.7 Å². The van der Waals surface area contributed by atoms with Gasteiger partial charge in [-0.3, -0.25) is 4.79 Å². The maximum Gasteiger partial charge on any atom is 0.223 e. The van der Waals surface area contributed by atoms with Gasteiger partial charge in [-0.1, -0.05) is 0 Å². The van der Waals surface area contributed by atoms with Crippen LogP contribution in [0.5, 0.6) is 0 Å². The zero-order valence-electron chi connectivity index (χ0n) is 9.78. The van der Waals surface area contributed by atoms with E-state index in [0.717, 1.165) is 32.5 Å². The SMILES string of the molecule is CN(C)CCC(=O)N1CCC(CO)CC1. The van der Waals surface area contributed by atoms with Crippen molar-refractivity contribution < 1.29 is 9.90 Å². The molecule has 1 aliphatic heterocycles. The van der Waals surface area contributed by atoms with Gasteiger partial charge in [0.15, 0.2) is 0 Å². The molecule has 0 aromatic heterocycles. The first-order valence-electron chi connectivity index (χ1n) is 5.67. The summed E-state index contributed by atoms with van der Waals surface area (Å²) in [5.74, 6) is 0.656. The van der Waals surface area contributed by atoms with Crippen molar-refractivity contribution in [3.8, 4) is 0 Å². The summed E-state index contributed by atoms with van der Waals surface area (Å²) in [7, 11) is 3.95. The molecule has 4 heteroatoms. The first-order valence-corrected chi connectivity index (χ1v) is 5.67. The molecule has 15 heavy (non-hydrogen) atoms. The van der Waals surface area contributed by atoms with E-state index in [-0.39, 0.29) is 12.5 Å². The van der Waals surface area contributed by atoms with E-state index in [1.54, 1.807) is 0 Å². The summed E-state index contributed by atoms with van der Waals surface area (Å²) in [6, 6.07) is 0. The molecule has 0 saturated carbocycles. The second-order valence-electron chi connectivity index (χ2n) is 4.56. The minimum absolute atomic E-state index is 0.250. The van der Waals surface area contributed by atoms with Crippen LogP contribution in [0.25, 0.3) is 0 Å². The predicted octanol–water partition coefficient (Wildman–Crippen LogP) is 0.169. The fraction of sp³-hybridized carbons (Fsp3) is 0.909. The third-order valence-electron chi connectivity index (χ3n) is 3.00. The number of aliphatic hydroxyl groups excluding tert-OH is 1. The predicted molar refractivity (Wildman–Crippen MR) is 59.6 cm³/mol. The molecule has 0 unspecified atom stereocenters. The van der Waals surface area contributed by atoms with E-state index in [2.05, 4.69) is 0 Å². The summed E-state index contributed by atoms with van der Waals surface area (Å²) in [5.41, 5.74) is 0. The maximum atomic E-state index is 11.7. The molecule has 1 aliphatic rings. The number of carbonyl (C=O) groups is 1. The summed E-state index contributed by atoms with van der Waals surface area (Å²) in [4.78, 5) is 15.7. The van der Waals surface area contributed by atoms with Crippen LogP contribution >= 0.6 is 0 Å². The highest BCUT2D eigenvalue weighted by atomic mass is 16.3. The lowest BCUT2D eigenvalue weighted by molar-refractivity contribution is -0.133. The molecule has 0 aromatic carbocycles. The molecule has 0 spiro atoms. The number of likely N-dealkylation sites (tertiary alicyclic amines) is 1. The molecular weight excluding hydrogens is 192 g/mol. The molecule has 0 bridgehead atoms. The van der Waals surface area contributed by atoms with E-state index in [1.807, 2.05) is 23.9 Å². The van der Waals surface area contributed by atoms with Crippen molar-refractivity contribution in [3.05, 3.63) is 0 Å². The van der Waals surface area contributed by atoms with Gasteiger partial charge in [0.2, 0.25) is 5.91 Å². The van der Waals surface area contributed by atoms with Crippen molar-refractivity contribution >= 4 is 5.91 Å². The van der Waals surface area contributed by atoms with Crippen molar-refractivity contribution in [2.75, 3.05) is 40.3 Å². The van der Waals surface area contributed by atoms with Gasteiger partial charge < -0.3 is 14.9 Å². The molecule has 0 atom stereocenters. The summed E-state index contributed by atoms with van der Waals surface area (Å²) >= 11 is 0. The Morgan fingerprint density at radius 3 is 2.47 bits per heavy atom. The van der Waals surface area contributed by atoms with Gasteiger partial charge in [-0.05, 0) is 32.9 Å². The van der Waals surface area contributed by atoms with Gasteiger partial charge in [-0.25, -0.2) is 0 Å². The van der Waals surface area contributed by atoms with Crippen molar-refractivity contribution in [3.63, 3.8) is 0 Å². The maximum absolute atomic E-state index is 11.7. The molecule has 4 nitrogen and oxygen atoms in total. The van der Waals surface area contributed by atoms with Gasteiger partial charge in [-0.2, -0.15) is 0 Å². The molecule has 1 N–H and O–H groups in total. The Bertz CT molecular complexity index is 199. The Morgan fingerprint density at radius 1 is 1.40 bits per heavy atom. The smallest absolute Gasteiger partial charge is 0.223 e. The number of carbonyl (C=O) groups excluding carboxylic acids is 1. The highest BCUT2D eigenvalue weighted by Crippen LogP contribution is 2.16. The quantitative estimate of drug-likeness (QED) is 0.725. The molecule has 1 saturated heterocycles. The Hall–Kier alpha value is -0.610. The van der Waals surface area contributed by atoms with Gasteiger partial charge >= 0.3 is 0 Å². The molecule has 1 amide bonds. The van der Waals surface area contributed by atoms with Crippen molar-refractivity contribution in [1.29, 1.82) is 0 Å². The van der Waals surface area contributed by atoms with Crippen LogP contribution in [-0.2, 0) is 4.79 Å². The van der Waals surface area contributed by atoms with Crippen LogP contribution in [0.3, 0.4) is 0 Å². The molecule has 1 heterocycles. The number of hydrogen-bond acceptors (Lipinski definition) is 3. The number of piperidine rings is 1. The van der Waals surface area contributed by atoms with Gasteiger partial charge in [0.25, 0.3) is 0 Å². The summed E-state index contributed by atoms with van der Waals surface area (Å²) in [5, 5.41) is 8.98. The normalized spacial score (nSPS) is 18.5. The lowest BCUT2D eigenvalue weighted by Gasteiger charge is -2.31. The number of rotatable bonds is 4. The van der Waals surface area contributed by atoms with Crippen molar-refractivity contribution in [1.82, 2.24) is 9.80 Å². The third-order valence-corrected chi connectivity index (χ3v) is 3.00. The van der Waals surface area contributed by atoms with Crippen LogP contribution in [0.4, 0.5) is 0 Å². The van der Waals surface area contributed by atoms with Gasteiger partial charge in [0.1, 0.15) is 0 Å². The Kier molecular flexibility index (Phi) is 5.05. The minimum atomic E-state index is 0.250. The van der Waals surface area contributed by atoms with Crippen LogP contribution in [0, 0.1) is 5.92 Å². The standard InChI is InChI=1S/C11H22N2O2/c1-12(2)6-5-11(15)13-7-3-10(9-14)4-8-13/h10,14H,3-9H2,1-2H3. The highest BCUT2D eigenvalue weighted by molar-refractivity contribution is 5.76. The molecular formula is C11H22N2O2. The molecule has 1 rings (SSSR count). The van der Waals surface area contributed by atoms with Crippen LogP contribution in [0.1, 0.15) is 19.3 Å². The van der Waals surface area contributed by atoms with Gasteiger partial charge in [0.05, 0.1) is 0 Å². The molecule has 0 aromatic rings. The van der Waals surface area contributed by atoms with Crippen LogP contribution in [-0.4, -0.2) is 61.2 Å². The number of nitrogens with zero attached hydrogens (tertiary/aromatic N) is 2. The zero-order valence-corrected chi connectivity index (χ0v) is 9.78. The summed E-state index contributed by atoms with van der Waals surface area (Å²) < 4.78 is 0. The zero-order chi connectivity index (χ0) is 11.3. The largest absolute Gasteiger partial charge is 0.396 e. The van der Waals surface area contributed by atoms with Crippen LogP contribution in [0.15, 0.2) is 0 Å². The monoisotopic (exact) mass is 214 g/mol. The fourth-order valence-corrected chi connectivity index (χ4v) is 1.84. The number of hydrogen-bond donors (Lipinski definition) is 1. The highest BCUT2D eigenvalue weighted by Gasteiger charge is 2.21. The van der Waals surface area contributed by atoms with Crippen LogP contribution in [0.2, 0.25) is 0 Å². The first kappa shape index (κ1) is 12.5. The Morgan fingerprint density at radius 2 is 2.00 bits per heavy atom. The molecule has 0 radical (unpaired) electrons. The molecule has 1 fully saturated rings. The average Bonchev–Trinajstić information content (AvgIpc) is 2.26. The summed E-state index contributed by atoms with van der Waals surface area (Å²) in [6.07, 6.45) is 2.51. The van der Waals surface area contributed by atoms with Crippen LogP contribution < -0.4 is 0 Å². The lowest BCUT2D eigenvalue weighted by atomic mass is 9.98. The Balaban J connectivity index is 2.24. The Labute approximate surface area is 91.9 Å². The fourth-order valence-electron chi connectivity index (χ4n) is 1.84.